The molecule has 662 valence electrons. The molecule has 0 aliphatic carbocycles. The summed E-state index contributed by atoms with van der Waals surface area (Å²) in [5.41, 5.74) is -1.15. The average molecular weight is 2100 g/mol. The van der Waals surface area contributed by atoms with Gasteiger partial charge in [0.05, 0.1) is 0 Å². The van der Waals surface area contributed by atoms with Crippen LogP contribution in [0.1, 0.15) is 48.0 Å². The Bertz CT molecular complexity index is 1940. The Labute approximate surface area is 733 Å². The highest BCUT2D eigenvalue weighted by Gasteiger charge is 2.85. The van der Waals surface area contributed by atoms with Gasteiger partial charge in [-0.05, 0) is 281 Å². The summed E-state index contributed by atoms with van der Waals surface area (Å²) in [5, 5.41) is 0. The Hall–Kier alpha value is 6.23. The first-order chi connectivity index (χ1) is 50.3. The van der Waals surface area contributed by atoms with Gasteiger partial charge in [0.25, 0.3) is 0 Å². The third-order valence-corrected chi connectivity index (χ3v) is 161. The van der Waals surface area contributed by atoms with E-state index in [1.54, 1.807) is 0 Å². The summed E-state index contributed by atoms with van der Waals surface area (Å²) in [7, 11) is -67.9. The fourth-order valence-corrected chi connectivity index (χ4v) is 233. The van der Waals surface area contributed by atoms with Crippen LogP contribution in [0.4, 0.5) is 0 Å². The molecule has 0 N–H and O–H groups in total. The van der Waals surface area contributed by atoms with Crippen LogP contribution in [0.25, 0.3) is 0 Å². The standard InChI is InChI=1S/C57H178O21SSi31/c1-52(46-101(61-83(7)8,62-84(9)10)63-85(11)12)108(58-80,53(2)47-102(64-86(13)14,65-87(15)16)66-88(17)18)107(45-43-44-79,109(59-81,54(3)48-103(67-89(19)20,68-90(21)22)69-91(23)24)55(4)49-104(70-92(25)26,71-93(27)28)72-94(29)30)110(60-82,56(5)50-105(73-95(31)32,74-96(33)34)75-97(35)36)57(6)51-106(76-98(37)38,77-99(39)40)78-100(41)42/h52-57,79,83-100H,43-51H2,1-42,80-82H3. The lowest BCUT2D eigenvalue weighted by molar-refractivity contribution is 0.262. The van der Waals surface area contributed by atoms with Crippen molar-refractivity contribution in [3.63, 3.8) is 0 Å². The first-order valence-electron chi connectivity index (χ1n) is 42.7. The van der Waals surface area contributed by atoms with E-state index in [0.29, 0.717) is 73.5 Å². The molecule has 21 nitrogen and oxygen atoms in total. The third kappa shape index (κ3) is 35.5. The summed E-state index contributed by atoms with van der Waals surface area (Å²) in [6.45, 7) is 95.2. The summed E-state index contributed by atoms with van der Waals surface area (Å²) in [6.07, 6.45) is 0.787. The summed E-state index contributed by atoms with van der Waals surface area (Å²) in [6, 6.07) is 4.35. The van der Waals surface area contributed by atoms with Crippen LogP contribution in [-0.4, -0.2) is 283 Å². The molecule has 0 aliphatic heterocycles. The van der Waals surface area contributed by atoms with E-state index >= 15 is 0 Å². The van der Waals surface area contributed by atoms with E-state index in [2.05, 4.69) is 277 Å². The molecule has 0 aromatic carbocycles. The van der Waals surface area contributed by atoms with Crippen LogP contribution >= 0.6 is 12.6 Å². The second-order valence-corrected chi connectivity index (χ2v) is 139. The zero-order valence-corrected chi connectivity index (χ0v) is 117. The van der Waals surface area contributed by atoms with Gasteiger partial charge in [-0.2, -0.15) is 12.6 Å². The van der Waals surface area contributed by atoms with E-state index in [-0.39, 0.29) is 33.2 Å². The highest BCUT2D eigenvalue weighted by atomic mass is 32.1. The van der Waals surface area contributed by atoms with Gasteiger partial charge >= 0.3 is 52.8 Å². The maximum absolute atomic E-state index is 9.24. The van der Waals surface area contributed by atoms with Crippen molar-refractivity contribution < 1.29 is 86.4 Å². The molecule has 0 amide bonds. The van der Waals surface area contributed by atoms with Gasteiger partial charge in [-0.3, -0.25) is 0 Å². The van der Waals surface area contributed by atoms with Gasteiger partial charge in [0.15, 0.2) is 186 Å². The maximum atomic E-state index is 9.24. The number of hydrogen-bond acceptors (Lipinski definition) is 22. The molecule has 0 rings (SSSR count). The zero-order valence-electron chi connectivity index (χ0n) is 79.2. The van der Waals surface area contributed by atoms with Gasteiger partial charge in [-0.25, -0.2) is 0 Å². The van der Waals surface area contributed by atoms with Crippen LogP contribution < -0.4 is 0 Å². The summed E-state index contributed by atoms with van der Waals surface area (Å²) >= 11 is 5.64. The second-order valence-electron chi connectivity index (χ2n) is 36.5. The fraction of sp³-hybridized carbons (Fsp3) is 1.00. The van der Waals surface area contributed by atoms with Crippen LogP contribution in [0.5, 0.6) is 0 Å². The first kappa shape index (κ1) is 116. The van der Waals surface area contributed by atoms with Crippen molar-refractivity contribution in [1.29, 1.82) is 0 Å². The summed E-state index contributed by atoms with van der Waals surface area (Å²) in [5.74, 6) is 0.632. The van der Waals surface area contributed by atoms with E-state index in [1.807, 2.05) is 0 Å². The molecule has 0 radical (unpaired) electrons. The maximum Gasteiger partial charge on any atom is 0.469 e. The fourth-order valence-electron chi connectivity index (χ4n) is 18.5. The minimum atomic E-state index is -4.21. The van der Waals surface area contributed by atoms with Crippen molar-refractivity contribution in [1.82, 2.24) is 0 Å². The molecule has 6 unspecified atom stereocenters. The normalized spacial score (nSPS) is 18.1. The Balaban J connectivity index is 13.6. The quantitative estimate of drug-likeness (QED) is 0.0446. The van der Waals surface area contributed by atoms with Crippen molar-refractivity contribution in [3.05, 3.63) is 0 Å². The Morgan fingerprint density at radius 2 is 0.309 bits per heavy atom. The smallest absolute Gasteiger partial charge is 0.465 e. The lowest BCUT2D eigenvalue weighted by atomic mass is 10.5. The molecule has 53 heteroatoms. The van der Waals surface area contributed by atoms with E-state index in [9.17, 15) is 12.3 Å². The monoisotopic (exact) mass is 2100 g/mol. The molecule has 6 atom stereocenters. The van der Waals surface area contributed by atoms with Crippen molar-refractivity contribution in [3.8, 4) is 0 Å². The van der Waals surface area contributed by atoms with Gasteiger partial charge in [0.2, 0.25) is 0 Å². The predicted octanol–water partition coefficient (Wildman–Crippen LogP) is 9.69. The average Bonchev–Trinajstić information content (AvgIpc) is 0.659. The zero-order chi connectivity index (χ0) is 86.1. The predicted molar refractivity (Wildman–Crippen MR) is 559 cm³/mol. The third-order valence-electron chi connectivity index (χ3n) is 18.9. The van der Waals surface area contributed by atoms with Crippen molar-refractivity contribution in [2.75, 3.05) is 5.75 Å². The van der Waals surface area contributed by atoms with Crippen LogP contribution in [-0.2, 0) is 86.4 Å². The summed E-state index contributed by atoms with van der Waals surface area (Å²) in [4.78, 5) is 0. The van der Waals surface area contributed by atoms with Crippen molar-refractivity contribution in [2.24, 2.45) is 0 Å². The second kappa shape index (κ2) is 53.1. The van der Waals surface area contributed by atoms with E-state index in [1.165, 1.54) is 0 Å². The minimum absolute atomic E-state index is 0.192. The molecule has 0 saturated heterocycles. The highest BCUT2D eigenvalue weighted by molar-refractivity contribution is 7.89. The van der Waals surface area contributed by atoms with Crippen LogP contribution in [0.15, 0.2) is 0 Å². The highest BCUT2D eigenvalue weighted by Crippen LogP contribution is 2.66. The van der Waals surface area contributed by atoms with Gasteiger partial charge in [0.1, 0.15) is 38.1 Å². The Morgan fingerprint density at radius 1 is 0.209 bits per heavy atom. The molecule has 0 saturated carbocycles. The van der Waals surface area contributed by atoms with E-state index < -0.39 is 246 Å². The molecule has 0 aromatic heterocycles. The van der Waals surface area contributed by atoms with Crippen molar-refractivity contribution >= 4 is 290 Å². The van der Waals surface area contributed by atoms with Gasteiger partial charge in [-0.1, -0.05) is 47.6 Å². The molecule has 0 aromatic rings. The molecule has 0 aliphatic rings. The van der Waals surface area contributed by atoms with Crippen LogP contribution in [0.3, 0.4) is 0 Å². The molecule has 0 bridgehead atoms. The van der Waals surface area contributed by atoms with Gasteiger partial charge in [0, 0.05) is 36.3 Å². The van der Waals surface area contributed by atoms with E-state index in [0.717, 1.165) is 12.5 Å². The largest absolute Gasteiger partial charge is 0.469 e. The number of hydrogen-bond donors (Lipinski definition) is 1. The number of thiol groups is 1. The molecule has 110 heavy (non-hydrogen) atoms. The Kier molecular flexibility index (Phi) is 56.1. The van der Waals surface area contributed by atoms with Crippen LogP contribution in [0.2, 0.25) is 311 Å². The molecular formula is C57H178O21SSi31. The van der Waals surface area contributed by atoms with Gasteiger partial charge in [-0.15, -0.1) is 0 Å². The first-order valence-corrected chi connectivity index (χ1v) is 119. The van der Waals surface area contributed by atoms with Crippen LogP contribution in [0, 0.1) is 0 Å². The lowest BCUT2D eigenvalue weighted by Gasteiger charge is -2.71. The summed E-state index contributed by atoms with van der Waals surface area (Å²) < 4.78 is 170. The lowest BCUT2D eigenvalue weighted by Crippen LogP contribution is -2.95. The molecular weight excluding hydrogens is 1920 g/mol. The minimum Gasteiger partial charge on any atom is -0.465 e. The SMILES string of the molecule is CC(C[Si](O[SiH](C)C)(O[SiH](C)C)O[SiH](C)C)[Si](O[SiH3])(C(C)C[Si](O[SiH](C)C)(O[SiH](C)C)O[SiH](C)C)[Si](CCCS)([Si](O[SiH3])(C(C)C[Si](O[SiH](C)C)(O[SiH](C)C)O[SiH](C)C)C(C)C[Si](O[SiH](C)C)(O[SiH](C)C)O[SiH](C)C)[Si](O[SiH3])(C(C)C[Si](O[SiH](C)C)(O[SiH](C)C)O[SiH](C)C)C(C)C[Si](O[SiH](C)C)(O[SiH](C)C)O[SiH](C)C. The van der Waals surface area contributed by atoms with Crippen molar-refractivity contribution in [2.45, 2.75) is 359 Å². The Morgan fingerprint density at radius 3 is 0.382 bits per heavy atom. The topological polar surface area (TPSA) is 194 Å². The number of rotatable bonds is 63. The van der Waals surface area contributed by atoms with E-state index in [4.69, 9.17) is 86.7 Å². The van der Waals surface area contributed by atoms with Gasteiger partial charge < -0.3 is 86.4 Å². The molecule has 0 heterocycles. The molecule has 0 fully saturated rings. The molecule has 0 spiro atoms.